The van der Waals surface area contributed by atoms with Crippen LogP contribution in [-0.4, -0.2) is 42.0 Å². The number of rotatable bonds is 7. The average Bonchev–Trinajstić information content (AvgIpc) is 3.25. The second kappa shape index (κ2) is 8.61. The van der Waals surface area contributed by atoms with Crippen molar-refractivity contribution in [3.8, 4) is 0 Å². The number of amides is 1. The molecule has 1 amide bonds. The van der Waals surface area contributed by atoms with Gasteiger partial charge in [-0.3, -0.25) is 9.69 Å². The van der Waals surface area contributed by atoms with Gasteiger partial charge in [-0.2, -0.15) is 0 Å². The molecule has 0 spiro atoms. The van der Waals surface area contributed by atoms with Crippen molar-refractivity contribution in [3.05, 3.63) is 44.6 Å². The van der Waals surface area contributed by atoms with Gasteiger partial charge in [0.1, 0.15) is 0 Å². The largest absolute Gasteiger partial charge is 0.302 e. The molecule has 0 atom stereocenters. The Kier molecular flexibility index (Phi) is 6.45. The van der Waals surface area contributed by atoms with Crippen LogP contribution in [0.3, 0.4) is 0 Å². The molecule has 3 rings (SSSR count). The molecule has 0 fully saturated rings. The van der Waals surface area contributed by atoms with E-state index in [1.165, 1.54) is 11.3 Å². The van der Waals surface area contributed by atoms with Crippen molar-refractivity contribution >= 4 is 59.9 Å². The number of benzene rings is 1. The Bertz CT molecular complexity index is 901. The number of anilines is 1. The number of thiophene rings is 1. The molecule has 3 aromatic rings. The Morgan fingerprint density at radius 3 is 2.50 bits per heavy atom. The van der Waals surface area contributed by atoms with Crippen molar-refractivity contribution < 1.29 is 4.79 Å². The third-order valence-electron chi connectivity index (χ3n) is 4.40. The van der Waals surface area contributed by atoms with Gasteiger partial charge in [-0.1, -0.05) is 37.3 Å². The maximum atomic E-state index is 13.2. The lowest BCUT2D eigenvalue weighted by Gasteiger charge is -2.24. The molecule has 138 valence electrons. The fraction of sp³-hybridized carbons (Fsp3) is 0.368. The summed E-state index contributed by atoms with van der Waals surface area (Å²) in [7, 11) is 0. The van der Waals surface area contributed by atoms with Gasteiger partial charge in [-0.05, 0) is 59.7 Å². The van der Waals surface area contributed by atoms with E-state index < -0.39 is 0 Å². The van der Waals surface area contributed by atoms with Gasteiger partial charge in [-0.15, -0.1) is 11.3 Å². The van der Waals surface area contributed by atoms with Gasteiger partial charge in [0, 0.05) is 13.1 Å². The molecule has 1 aromatic carbocycles. The van der Waals surface area contributed by atoms with E-state index in [9.17, 15) is 4.79 Å². The third kappa shape index (κ3) is 4.17. The molecule has 7 heteroatoms. The number of para-hydroxylation sites is 1. The fourth-order valence-corrected chi connectivity index (χ4v) is 5.22. The summed E-state index contributed by atoms with van der Waals surface area (Å²) in [6, 6.07) is 9.96. The van der Waals surface area contributed by atoms with E-state index >= 15 is 0 Å². The molecular formula is C19H22BrN3OS2. The normalized spacial score (nSPS) is 11.4. The van der Waals surface area contributed by atoms with Crippen molar-refractivity contribution in [1.82, 2.24) is 9.88 Å². The second-order valence-electron chi connectivity index (χ2n) is 6.01. The van der Waals surface area contributed by atoms with Crippen LogP contribution < -0.4 is 4.90 Å². The number of carbonyl (C=O) groups is 1. The van der Waals surface area contributed by atoms with Gasteiger partial charge in [-0.25, -0.2) is 4.98 Å². The maximum Gasteiger partial charge on any atom is 0.270 e. The zero-order chi connectivity index (χ0) is 18.7. The Morgan fingerprint density at radius 1 is 1.12 bits per heavy atom. The minimum Gasteiger partial charge on any atom is -0.302 e. The second-order valence-corrected chi connectivity index (χ2v) is 9.48. The number of halogens is 1. The molecular weight excluding hydrogens is 430 g/mol. The highest BCUT2D eigenvalue weighted by Crippen LogP contribution is 2.32. The number of hydrogen-bond acceptors (Lipinski definition) is 5. The van der Waals surface area contributed by atoms with Crippen LogP contribution in [0.5, 0.6) is 0 Å². The Hall–Kier alpha value is -1.28. The van der Waals surface area contributed by atoms with E-state index in [0.29, 0.717) is 6.54 Å². The van der Waals surface area contributed by atoms with Crippen LogP contribution in [0, 0.1) is 6.92 Å². The molecule has 0 radical (unpaired) electrons. The first-order chi connectivity index (χ1) is 12.5. The number of fused-ring (bicyclic) bond motifs is 1. The number of aromatic nitrogens is 1. The molecule has 2 aromatic heterocycles. The van der Waals surface area contributed by atoms with Crippen molar-refractivity contribution in [2.24, 2.45) is 0 Å². The molecule has 0 N–H and O–H groups in total. The first kappa shape index (κ1) is 19.5. The molecule has 2 heterocycles. The number of carbonyl (C=O) groups excluding carboxylic acids is 1. The molecule has 0 unspecified atom stereocenters. The van der Waals surface area contributed by atoms with Crippen LogP contribution in [0.15, 0.2) is 34.1 Å². The number of hydrogen-bond donors (Lipinski definition) is 0. The number of thiazole rings is 1. The zero-order valence-corrected chi connectivity index (χ0v) is 18.4. The van der Waals surface area contributed by atoms with Crippen LogP contribution in [0.25, 0.3) is 10.2 Å². The molecule has 4 nitrogen and oxygen atoms in total. The lowest BCUT2D eigenvalue weighted by molar-refractivity contribution is 0.0987. The predicted molar refractivity (Wildman–Crippen MR) is 116 cm³/mol. The summed E-state index contributed by atoms with van der Waals surface area (Å²) in [5, 5.41) is 0.774. The summed E-state index contributed by atoms with van der Waals surface area (Å²) in [6.45, 7) is 9.77. The van der Waals surface area contributed by atoms with Gasteiger partial charge >= 0.3 is 0 Å². The quantitative estimate of drug-likeness (QED) is 0.481. The van der Waals surface area contributed by atoms with Crippen LogP contribution in [0.4, 0.5) is 5.13 Å². The van der Waals surface area contributed by atoms with E-state index in [1.54, 1.807) is 11.3 Å². The highest BCUT2D eigenvalue weighted by molar-refractivity contribution is 9.11. The summed E-state index contributed by atoms with van der Waals surface area (Å²) >= 11 is 6.50. The average molecular weight is 452 g/mol. The van der Waals surface area contributed by atoms with Gasteiger partial charge < -0.3 is 4.90 Å². The molecule has 0 saturated carbocycles. The third-order valence-corrected chi connectivity index (χ3v) is 7.06. The van der Waals surface area contributed by atoms with Gasteiger partial charge in [0.2, 0.25) is 0 Å². The summed E-state index contributed by atoms with van der Waals surface area (Å²) in [5.74, 6) is 0.0181. The minimum atomic E-state index is 0.0181. The Morgan fingerprint density at radius 2 is 1.88 bits per heavy atom. The Balaban J connectivity index is 1.95. The summed E-state index contributed by atoms with van der Waals surface area (Å²) in [6.07, 6.45) is 0. The van der Waals surface area contributed by atoms with Gasteiger partial charge in [0.05, 0.1) is 18.9 Å². The molecule has 0 aliphatic rings. The zero-order valence-electron chi connectivity index (χ0n) is 15.2. The van der Waals surface area contributed by atoms with E-state index in [4.69, 9.17) is 4.98 Å². The standard InChI is InChI=1S/C19H22BrN3OS2/c1-4-22(5-2)11-12-23(18(24)15-9-10-16(20)25-15)19-21-17-13(3)7-6-8-14(17)26-19/h6-10H,4-5,11-12H2,1-3H3. The minimum absolute atomic E-state index is 0.0181. The molecule has 0 aliphatic heterocycles. The highest BCUT2D eigenvalue weighted by Gasteiger charge is 2.23. The number of likely N-dealkylation sites (N-methyl/N-ethyl adjacent to an activating group) is 1. The predicted octanol–water partition coefficient (Wildman–Crippen LogP) is 5.42. The molecule has 26 heavy (non-hydrogen) atoms. The topological polar surface area (TPSA) is 36.4 Å². The monoisotopic (exact) mass is 451 g/mol. The van der Waals surface area contributed by atoms with E-state index in [2.05, 4.69) is 53.7 Å². The summed E-state index contributed by atoms with van der Waals surface area (Å²) in [5.41, 5.74) is 2.13. The van der Waals surface area contributed by atoms with E-state index in [1.807, 2.05) is 23.1 Å². The lowest BCUT2D eigenvalue weighted by atomic mass is 10.2. The SMILES string of the molecule is CCN(CC)CCN(C(=O)c1ccc(Br)s1)c1nc2c(C)cccc2s1. The summed E-state index contributed by atoms with van der Waals surface area (Å²) in [4.78, 5) is 22.9. The number of aryl methyl sites for hydroxylation is 1. The lowest BCUT2D eigenvalue weighted by Crippen LogP contribution is -2.38. The Labute approximate surface area is 170 Å². The van der Waals surface area contributed by atoms with Crippen LogP contribution in [-0.2, 0) is 0 Å². The van der Waals surface area contributed by atoms with Crippen molar-refractivity contribution in [2.45, 2.75) is 20.8 Å². The van der Waals surface area contributed by atoms with Crippen molar-refractivity contribution in [2.75, 3.05) is 31.1 Å². The molecule has 0 aliphatic carbocycles. The van der Waals surface area contributed by atoms with Gasteiger partial charge in [0.25, 0.3) is 5.91 Å². The van der Waals surface area contributed by atoms with Crippen LogP contribution in [0.1, 0.15) is 29.1 Å². The first-order valence-electron chi connectivity index (χ1n) is 8.69. The number of nitrogens with zero attached hydrogens (tertiary/aromatic N) is 3. The van der Waals surface area contributed by atoms with Gasteiger partial charge in [0.15, 0.2) is 5.13 Å². The van der Waals surface area contributed by atoms with Crippen molar-refractivity contribution in [3.63, 3.8) is 0 Å². The van der Waals surface area contributed by atoms with E-state index in [-0.39, 0.29) is 5.91 Å². The smallest absolute Gasteiger partial charge is 0.270 e. The van der Waals surface area contributed by atoms with Crippen LogP contribution in [0.2, 0.25) is 0 Å². The summed E-state index contributed by atoms with van der Waals surface area (Å²) < 4.78 is 2.08. The van der Waals surface area contributed by atoms with Crippen LogP contribution >= 0.6 is 38.6 Å². The molecule has 0 bridgehead atoms. The molecule has 0 saturated heterocycles. The maximum absolute atomic E-state index is 13.2. The fourth-order valence-electron chi connectivity index (χ4n) is 2.82. The highest BCUT2D eigenvalue weighted by atomic mass is 79.9. The first-order valence-corrected chi connectivity index (χ1v) is 11.1. The van der Waals surface area contributed by atoms with E-state index in [0.717, 1.165) is 49.2 Å². The van der Waals surface area contributed by atoms with Crippen molar-refractivity contribution in [1.29, 1.82) is 0 Å².